The largest absolute Gasteiger partial charge is 0.379 e. The van der Waals surface area contributed by atoms with E-state index < -0.39 is 0 Å². The number of hydrogen-bond acceptors (Lipinski definition) is 6. The van der Waals surface area contributed by atoms with Gasteiger partial charge in [0, 0.05) is 49.6 Å². The van der Waals surface area contributed by atoms with Crippen molar-refractivity contribution in [3.63, 3.8) is 0 Å². The zero-order valence-electron chi connectivity index (χ0n) is 20.0. The number of nitrogens with zero attached hydrogens (tertiary/aromatic N) is 4. The second-order valence-electron chi connectivity index (χ2n) is 8.61. The number of halogens is 1. The summed E-state index contributed by atoms with van der Waals surface area (Å²) in [7, 11) is 0. The lowest BCUT2D eigenvalue weighted by atomic mass is 10.0. The van der Waals surface area contributed by atoms with Crippen molar-refractivity contribution in [2.45, 2.75) is 25.8 Å². The highest BCUT2D eigenvalue weighted by Crippen LogP contribution is 2.35. The molecule has 0 spiro atoms. The molecule has 0 unspecified atom stereocenters. The van der Waals surface area contributed by atoms with Crippen molar-refractivity contribution in [2.75, 3.05) is 52.5 Å². The summed E-state index contributed by atoms with van der Waals surface area (Å²) >= 11 is 1.54. The number of hydrazone groups is 1. The fourth-order valence-electron chi connectivity index (χ4n) is 4.22. The van der Waals surface area contributed by atoms with E-state index in [4.69, 9.17) is 4.74 Å². The number of carbonyl (C=O) groups excluding carboxylic acids is 2. The van der Waals surface area contributed by atoms with Gasteiger partial charge in [0.15, 0.2) is 0 Å². The van der Waals surface area contributed by atoms with Crippen LogP contribution >= 0.6 is 11.3 Å². The molecule has 2 aromatic rings. The highest BCUT2D eigenvalue weighted by atomic mass is 32.1. The van der Waals surface area contributed by atoms with Gasteiger partial charge in [-0.25, -0.2) is 14.2 Å². The summed E-state index contributed by atoms with van der Waals surface area (Å²) in [4.78, 5) is 31.2. The van der Waals surface area contributed by atoms with E-state index in [2.05, 4.69) is 15.3 Å². The van der Waals surface area contributed by atoms with E-state index in [-0.39, 0.29) is 30.3 Å². The minimum atomic E-state index is -0.364. The van der Waals surface area contributed by atoms with E-state index >= 15 is 0 Å². The normalized spacial score (nSPS) is 18.4. The van der Waals surface area contributed by atoms with Crippen LogP contribution < -0.4 is 5.32 Å². The number of ether oxygens (including phenoxy) is 1. The Morgan fingerprint density at radius 1 is 1.23 bits per heavy atom. The zero-order chi connectivity index (χ0) is 24.6. The number of carbonyl (C=O) groups is 2. The molecule has 3 amide bonds. The van der Waals surface area contributed by atoms with Crippen LogP contribution in [-0.2, 0) is 9.53 Å². The number of rotatable bonds is 9. The second-order valence-corrected chi connectivity index (χ2v) is 9.59. The smallest absolute Gasteiger partial charge is 0.317 e. The summed E-state index contributed by atoms with van der Waals surface area (Å²) in [6.45, 7) is 6.46. The van der Waals surface area contributed by atoms with Gasteiger partial charge in [-0.05, 0) is 23.9 Å². The number of nitrogens with one attached hydrogen (secondary N) is 1. The summed E-state index contributed by atoms with van der Waals surface area (Å²) < 4.78 is 19.9. The molecular weight excluding hydrogens is 469 g/mol. The third kappa shape index (κ3) is 6.45. The lowest BCUT2D eigenvalue weighted by molar-refractivity contribution is -0.133. The average Bonchev–Trinajstić information content (AvgIpc) is 3.56. The Labute approximate surface area is 209 Å². The van der Waals surface area contributed by atoms with Crippen molar-refractivity contribution in [3.8, 4) is 0 Å². The van der Waals surface area contributed by atoms with Crippen LogP contribution in [0.15, 0.2) is 46.9 Å². The predicted octanol–water partition coefficient (Wildman–Crippen LogP) is 3.32. The number of benzene rings is 1. The summed E-state index contributed by atoms with van der Waals surface area (Å²) in [6, 6.07) is 9.77. The van der Waals surface area contributed by atoms with Gasteiger partial charge in [0.05, 0.1) is 25.0 Å². The van der Waals surface area contributed by atoms with E-state index in [0.717, 1.165) is 24.4 Å². The highest BCUT2D eigenvalue weighted by Gasteiger charge is 2.35. The van der Waals surface area contributed by atoms with Gasteiger partial charge in [0.1, 0.15) is 12.4 Å². The standard InChI is InChI=1S/C25H32FN5O3S/c1-2-9-27-25(33)30(11-10-29-12-14-34-15-13-29)18-24(32)31-22(23-8-5-16-35-23)17-21(28-31)19-6-3-4-7-20(19)26/h3-8,16,22H,2,9-15,17-18H2,1H3,(H,27,33)/t22-/m0/s1. The molecule has 2 aliphatic rings. The fourth-order valence-corrected chi connectivity index (χ4v) is 5.03. The molecule has 1 fully saturated rings. The van der Waals surface area contributed by atoms with Crippen LogP contribution in [0.4, 0.5) is 9.18 Å². The summed E-state index contributed by atoms with van der Waals surface area (Å²) in [5.74, 6) is -0.653. The van der Waals surface area contributed by atoms with Crippen molar-refractivity contribution >= 4 is 29.0 Å². The molecule has 1 atom stereocenters. The van der Waals surface area contributed by atoms with E-state index in [1.807, 2.05) is 24.4 Å². The number of morpholine rings is 1. The lowest BCUT2D eigenvalue weighted by Gasteiger charge is -2.31. The molecule has 1 N–H and O–H groups in total. The maximum Gasteiger partial charge on any atom is 0.317 e. The van der Waals surface area contributed by atoms with Gasteiger partial charge < -0.3 is 15.0 Å². The third-order valence-electron chi connectivity index (χ3n) is 6.15. The quantitative estimate of drug-likeness (QED) is 0.572. The Morgan fingerprint density at radius 2 is 2.03 bits per heavy atom. The molecule has 1 aromatic carbocycles. The molecular formula is C25H32FN5O3S. The number of hydrogen-bond donors (Lipinski definition) is 1. The van der Waals surface area contributed by atoms with E-state index in [1.54, 1.807) is 23.1 Å². The summed E-state index contributed by atoms with van der Waals surface area (Å²) in [5, 5.41) is 10.8. The molecule has 3 heterocycles. The summed E-state index contributed by atoms with van der Waals surface area (Å²) in [5.41, 5.74) is 0.930. The van der Waals surface area contributed by atoms with Gasteiger partial charge in [-0.3, -0.25) is 9.69 Å². The molecule has 188 valence electrons. The Kier molecular flexibility index (Phi) is 8.84. The van der Waals surface area contributed by atoms with Gasteiger partial charge in [0.25, 0.3) is 5.91 Å². The van der Waals surface area contributed by atoms with Gasteiger partial charge in [0.2, 0.25) is 0 Å². The predicted molar refractivity (Wildman–Crippen MR) is 134 cm³/mol. The molecule has 35 heavy (non-hydrogen) atoms. The number of amides is 3. The first-order chi connectivity index (χ1) is 17.1. The molecule has 0 radical (unpaired) electrons. The Hall–Kier alpha value is -2.82. The van der Waals surface area contributed by atoms with Crippen molar-refractivity contribution < 1.29 is 18.7 Å². The monoisotopic (exact) mass is 501 g/mol. The molecule has 0 bridgehead atoms. The van der Waals surface area contributed by atoms with Gasteiger partial charge in [-0.1, -0.05) is 31.2 Å². The minimum Gasteiger partial charge on any atom is -0.379 e. The first-order valence-electron chi connectivity index (χ1n) is 12.1. The molecule has 0 aliphatic carbocycles. The van der Waals surface area contributed by atoms with Gasteiger partial charge >= 0.3 is 6.03 Å². The van der Waals surface area contributed by atoms with E-state index in [9.17, 15) is 14.0 Å². The maximum absolute atomic E-state index is 14.5. The van der Waals surface area contributed by atoms with Crippen LogP contribution in [0.1, 0.15) is 36.2 Å². The summed E-state index contributed by atoms with van der Waals surface area (Å²) in [6.07, 6.45) is 1.23. The van der Waals surface area contributed by atoms with Crippen LogP contribution in [0, 0.1) is 5.82 Å². The average molecular weight is 502 g/mol. The number of urea groups is 1. The van der Waals surface area contributed by atoms with Gasteiger partial charge in [-0.15, -0.1) is 11.3 Å². The molecule has 4 rings (SSSR count). The van der Waals surface area contributed by atoms with Crippen molar-refractivity contribution in [2.24, 2.45) is 5.10 Å². The molecule has 10 heteroatoms. The van der Waals surface area contributed by atoms with Crippen molar-refractivity contribution in [3.05, 3.63) is 58.0 Å². The minimum absolute atomic E-state index is 0.101. The fraction of sp³-hybridized carbons (Fsp3) is 0.480. The Bertz CT molecular complexity index is 1030. The first kappa shape index (κ1) is 25.3. The molecule has 1 aromatic heterocycles. The third-order valence-corrected chi connectivity index (χ3v) is 7.13. The van der Waals surface area contributed by atoms with E-state index in [0.29, 0.717) is 50.5 Å². The molecule has 0 saturated carbocycles. The van der Waals surface area contributed by atoms with Crippen LogP contribution in [0.3, 0.4) is 0 Å². The maximum atomic E-state index is 14.5. The van der Waals surface area contributed by atoms with Crippen LogP contribution in [-0.4, -0.2) is 84.9 Å². The Morgan fingerprint density at radius 3 is 2.74 bits per heavy atom. The first-order valence-corrected chi connectivity index (χ1v) is 13.0. The van der Waals surface area contributed by atoms with Crippen LogP contribution in [0.2, 0.25) is 0 Å². The molecule has 2 aliphatic heterocycles. The van der Waals surface area contributed by atoms with Crippen molar-refractivity contribution in [1.82, 2.24) is 20.1 Å². The van der Waals surface area contributed by atoms with Crippen LogP contribution in [0.25, 0.3) is 0 Å². The Balaban J connectivity index is 1.52. The van der Waals surface area contributed by atoms with Crippen molar-refractivity contribution in [1.29, 1.82) is 0 Å². The molecule has 8 nitrogen and oxygen atoms in total. The number of thiophene rings is 1. The second kappa shape index (κ2) is 12.2. The molecule has 1 saturated heterocycles. The van der Waals surface area contributed by atoms with Crippen LogP contribution in [0.5, 0.6) is 0 Å². The lowest BCUT2D eigenvalue weighted by Crippen LogP contribution is -2.49. The highest BCUT2D eigenvalue weighted by molar-refractivity contribution is 7.10. The SMILES string of the molecule is CCCNC(=O)N(CCN1CCOCC1)CC(=O)N1N=C(c2ccccc2F)C[C@H]1c1cccs1. The van der Waals surface area contributed by atoms with Gasteiger partial charge in [-0.2, -0.15) is 5.10 Å². The topological polar surface area (TPSA) is 77.5 Å². The van der Waals surface area contributed by atoms with E-state index in [1.165, 1.54) is 22.4 Å². The zero-order valence-corrected chi connectivity index (χ0v) is 20.8.